The van der Waals surface area contributed by atoms with E-state index in [0.717, 1.165) is 19.1 Å². The van der Waals surface area contributed by atoms with Crippen molar-refractivity contribution in [2.75, 3.05) is 13.2 Å². The van der Waals surface area contributed by atoms with Crippen LogP contribution < -0.4 is 5.32 Å². The molecule has 1 saturated carbocycles. The molecule has 2 fully saturated rings. The Morgan fingerprint density at radius 1 is 1.00 bits per heavy atom. The van der Waals surface area contributed by atoms with E-state index in [1.807, 2.05) is 0 Å². The molecule has 0 spiro atoms. The van der Waals surface area contributed by atoms with Gasteiger partial charge in [0.2, 0.25) is 0 Å². The van der Waals surface area contributed by atoms with Crippen molar-refractivity contribution in [3.05, 3.63) is 0 Å². The van der Waals surface area contributed by atoms with Gasteiger partial charge >= 0.3 is 0 Å². The van der Waals surface area contributed by atoms with Crippen molar-refractivity contribution in [2.24, 2.45) is 11.3 Å². The highest BCUT2D eigenvalue weighted by molar-refractivity contribution is 4.88. The fourth-order valence-electron chi connectivity index (χ4n) is 3.66. The lowest BCUT2D eigenvalue weighted by Crippen LogP contribution is -2.47. The summed E-state index contributed by atoms with van der Waals surface area (Å²) in [6.07, 6.45) is 9.89. The van der Waals surface area contributed by atoms with Crippen LogP contribution in [0.3, 0.4) is 0 Å². The van der Waals surface area contributed by atoms with E-state index >= 15 is 0 Å². The second kappa shape index (κ2) is 6.38. The third-order valence-corrected chi connectivity index (χ3v) is 4.76. The zero-order valence-electron chi connectivity index (χ0n) is 12.5. The van der Waals surface area contributed by atoms with Gasteiger partial charge in [-0.15, -0.1) is 0 Å². The Bertz CT molecular complexity index is 240. The highest BCUT2D eigenvalue weighted by atomic mass is 16.5. The summed E-state index contributed by atoms with van der Waals surface area (Å²) < 4.78 is 5.83. The second-order valence-corrected chi connectivity index (χ2v) is 7.26. The SMILES string of the molecule is CC(C)(C)C1CCCCC1NCC1CCCCO1. The maximum atomic E-state index is 5.83. The molecule has 106 valence electrons. The van der Waals surface area contributed by atoms with E-state index in [2.05, 4.69) is 26.1 Å². The molecule has 0 amide bonds. The molecule has 2 aliphatic rings. The largest absolute Gasteiger partial charge is 0.377 e. The normalized spacial score (nSPS) is 34.5. The first kappa shape index (κ1) is 14.3. The summed E-state index contributed by atoms with van der Waals surface area (Å²) in [7, 11) is 0. The van der Waals surface area contributed by atoms with Crippen molar-refractivity contribution >= 4 is 0 Å². The Morgan fingerprint density at radius 3 is 2.39 bits per heavy atom. The van der Waals surface area contributed by atoms with Crippen LogP contribution in [0, 0.1) is 11.3 Å². The molecule has 1 saturated heterocycles. The molecule has 0 aromatic rings. The second-order valence-electron chi connectivity index (χ2n) is 7.26. The third-order valence-electron chi connectivity index (χ3n) is 4.76. The summed E-state index contributed by atoms with van der Waals surface area (Å²) >= 11 is 0. The lowest BCUT2D eigenvalue weighted by molar-refractivity contribution is 0.0102. The number of nitrogens with one attached hydrogen (secondary N) is 1. The molecule has 3 unspecified atom stereocenters. The van der Waals surface area contributed by atoms with Crippen molar-refractivity contribution in [1.82, 2.24) is 5.32 Å². The van der Waals surface area contributed by atoms with Gasteiger partial charge in [0.25, 0.3) is 0 Å². The highest BCUT2D eigenvalue weighted by Crippen LogP contribution is 2.38. The Labute approximate surface area is 113 Å². The van der Waals surface area contributed by atoms with Crippen LogP contribution in [0.2, 0.25) is 0 Å². The predicted molar refractivity (Wildman–Crippen MR) is 76.8 cm³/mol. The summed E-state index contributed by atoms with van der Waals surface area (Å²) in [6.45, 7) is 9.23. The molecule has 1 heterocycles. The summed E-state index contributed by atoms with van der Waals surface area (Å²) in [5.74, 6) is 0.829. The molecule has 2 rings (SSSR count). The molecule has 2 nitrogen and oxygen atoms in total. The first-order chi connectivity index (χ1) is 8.57. The first-order valence-corrected chi connectivity index (χ1v) is 7.92. The van der Waals surface area contributed by atoms with Crippen LogP contribution in [-0.4, -0.2) is 25.3 Å². The van der Waals surface area contributed by atoms with Crippen molar-refractivity contribution < 1.29 is 4.74 Å². The molecule has 1 aliphatic heterocycles. The minimum Gasteiger partial charge on any atom is -0.377 e. The van der Waals surface area contributed by atoms with Gasteiger partial charge < -0.3 is 10.1 Å². The number of ether oxygens (including phenoxy) is 1. The van der Waals surface area contributed by atoms with Gasteiger partial charge in [-0.2, -0.15) is 0 Å². The molecule has 1 aliphatic carbocycles. The molecule has 18 heavy (non-hydrogen) atoms. The van der Waals surface area contributed by atoms with Gasteiger partial charge in [0.15, 0.2) is 0 Å². The maximum Gasteiger partial charge on any atom is 0.0699 e. The fraction of sp³-hybridized carbons (Fsp3) is 1.00. The van der Waals surface area contributed by atoms with E-state index in [1.165, 1.54) is 44.9 Å². The zero-order chi connectivity index (χ0) is 13.0. The Morgan fingerprint density at radius 2 is 1.72 bits per heavy atom. The average Bonchev–Trinajstić information content (AvgIpc) is 2.37. The summed E-state index contributed by atoms with van der Waals surface area (Å²) in [4.78, 5) is 0. The van der Waals surface area contributed by atoms with Gasteiger partial charge in [-0.05, 0) is 43.4 Å². The number of rotatable bonds is 3. The van der Waals surface area contributed by atoms with Gasteiger partial charge in [-0.25, -0.2) is 0 Å². The van der Waals surface area contributed by atoms with Crippen molar-refractivity contribution in [1.29, 1.82) is 0 Å². The van der Waals surface area contributed by atoms with Crippen LogP contribution in [0.5, 0.6) is 0 Å². The van der Waals surface area contributed by atoms with Gasteiger partial charge in [0, 0.05) is 19.2 Å². The molecular weight excluding hydrogens is 222 g/mol. The van der Waals surface area contributed by atoms with E-state index in [-0.39, 0.29) is 0 Å². The van der Waals surface area contributed by atoms with Crippen LogP contribution in [0.25, 0.3) is 0 Å². The zero-order valence-corrected chi connectivity index (χ0v) is 12.5. The summed E-state index contributed by atoms with van der Waals surface area (Å²) in [5.41, 5.74) is 0.436. The minimum absolute atomic E-state index is 0.436. The van der Waals surface area contributed by atoms with Crippen LogP contribution in [0.1, 0.15) is 65.7 Å². The van der Waals surface area contributed by atoms with E-state index in [0.29, 0.717) is 17.6 Å². The Balaban J connectivity index is 1.81. The first-order valence-electron chi connectivity index (χ1n) is 7.92. The topological polar surface area (TPSA) is 21.3 Å². The molecule has 0 aromatic heterocycles. The number of hydrogen-bond acceptors (Lipinski definition) is 2. The van der Waals surface area contributed by atoms with Crippen LogP contribution >= 0.6 is 0 Å². The standard InChI is InChI=1S/C16H31NO/c1-16(2,3)14-9-4-5-10-15(14)17-12-13-8-6-7-11-18-13/h13-15,17H,4-12H2,1-3H3. The maximum absolute atomic E-state index is 5.83. The van der Waals surface area contributed by atoms with Crippen molar-refractivity contribution in [2.45, 2.75) is 77.9 Å². The molecule has 0 aromatic carbocycles. The fourth-order valence-corrected chi connectivity index (χ4v) is 3.66. The average molecular weight is 253 g/mol. The molecule has 3 atom stereocenters. The van der Waals surface area contributed by atoms with E-state index in [4.69, 9.17) is 4.74 Å². The predicted octanol–water partition coefficient (Wildman–Crippen LogP) is 3.75. The molecule has 0 bridgehead atoms. The lowest BCUT2D eigenvalue weighted by Gasteiger charge is -2.41. The minimum atomic E-state index is 0.436. The van der Waals surface area contributed by atoms with Gasteiger partial charge in [0.05, 0.1) is 6.10 Å². The third kappa shape index (κ3) is 3.96. The molecule has 2 heteroatoms. The quantitative estimate of drug-likeness (QED) is 0.827. The Kier molecular flexibility index (Phi) is 5.08. The van der Waals surface area contributed by atoms with Gasteiger partial charge in [0.1, 0.15) is 0 Å². The van der Waals surface area contributed by atoms with Gasteiger partial charge in [-0.1, -0.05) is 33.6 Å². The van der Waals surface area contributed by atoms with Gasteiger partial charge in [-0.3, -0.25) is 0 Å². The summed E-state index contributed by atoms with van der Waals surface area (Å²) in [6, 6.07) is 0.712. The van der Waals surface area contributed by atoms with Crippen LogP contribution in [0.15, 0.2) is 0 Å². The van der Waals surface area contributed by atoms with Crippen LogP contribution in [0.4, 0.5) is 0 Å². The molecule has 1 N–H and O–H groups in total. The van der Waals surface area contributed by atoms with E-state index in [9.17, 15) is 0 Å². The molecular formula is C16H31NO. The van der Waals surface area contributed by atoms with Crippen molar-refractivity contribution in [3.63, 3.8) is 0 Å². The van der Waals surface area contributed by atoms with Crippen molar-refractivity contribution in [3.8, 4) is 0 Å². The highest BCUT2D eigenvalue weighted by Gasteiger charge is 2.34. The van der Waals surface area contributed by atoms with E-state index in [1.54, 1.807) is 0 Å². The smallest absolute Gasteiger partial charge is 0.0699 e. The lowest BCUT2D eigenvalue weighted by atomic mass is 9.69. The summed E-state index contributed by atoms with van der Waals surface area (Å²) in [5, 5.41) is 3.82. The Hall–Kier alpha value is -0.0800. The van der Waals surface area contributed by atoms with E-state index < -0.39 is 0 Å². The molecule has 0 radical (unpaired) electrons. The van der Waals surface area contributed by atoms with Crippen LogP contribution in [-0.2, 0) is 4.74 Å². The number of hydrogen-bond donors (Lipinski definition) is 1. The monoisotopic (exact) mass is 253 g/mol.